The summed E-state index contributed by atoms with van der Waals surface area (Å²) < 4.78 is 24.3. The Morgan fingerprint density at radius 1 is 0.881 bits per heavy atom. The highest BCUT2D eigenvalue weighted by Crippen LogP contribution is 2.36. The first-order valence-electron chi connectivity index (χ1n) is 13.8. The lowest BCUT2D eigenvalue weighted by molar-refractivity contribution is 0.0987. The van der Waals surface area contributed by atoms with Gasteiger partial charge in [-0.1, -0.05) is 48.5 Å². The van der Waals surface area contributed by atoms with Crippen LogP contribution in [0.25, 0.3) is 22.0 Å². The molecule has 1 heterocycles. The third kappa shape index (κ3) is 6.13. The first kappa shape index (κ1) is 29.5. The molecular weight excluding hydrogens is 561 g/mol. The van der Waals surface area contributed by atoms with E-state index in [9.17, 15) is 13.2 Å². The Hall–Kier alpha value is -3.94. The second kappa shape index (κ2) is 12.1. The Labute approximate surface area is 252 Å². The minimum absolute atomic E-state index is 0.0467. The molecule has 0 aliphatic heterocycles. The Balaban J connectivity index is 1.50. The number of anilines is 1. The van der Waals surface area contributed by atoms with Crippen LogP contribution in [0.15, 0.2) is 114 Å². The molecule has 5 nitrogen and oxygen atoms in total. The molecule has 0 saturated heterocycles. The molecular formula is C35H34N2O3S2. The van der Waals surface area contributed by atoms with Crippen molar-refractivity contribution in [3.8, 4) is 11.1 Å². The number of carbonyl (C=O) groups excluding carboxylic acids is 1. The van der Waals surface area contributed by atoms with E-state index in [2.05, 4.69) is 17.1 Å². The molecule has 0 fully saturated rings. The standard InChI is InChI=1S/C35H34N2O3S2/c1-35(2,42(4,39)40)29-23-28-14-9-20-36-33(28)32(24-29)27-13-8-10-25(22-27)19-21-37(30-15-17-31(41-3)18-16-30)34(38)26-11-6-5-7-12-26/h5-18,20,22-24H,19,21H2,1-4H3. The number of fused-ring (bicyclic) bond motifs is 1. The van der Waals surface area contributed by atoms with E-state index in [1.807, 2.05) is 102 Å². The zero-order chi connectivity index (χ0) is 29.9. The monoisotopic (exact) mass is 594 g/mol. The van der Waals surface area contributed by atoms with E-state index in [1.165, 1.54) is 6.26 Å². The summed E-state index contributed by atoms with van der Waals surface area (Å²) in [6.45, 7) is 3.98. The van der Waals surface area contributed by atoms with Crippen molar-refractivity contribution < 1.29 is 13.2 Å². The fourth-order valence-corrected chi connectivity index (χ4v) is 5.91. The number of rotatable bonds is 9. The van der Waals surface area contributed by atoms with Gasteiger partial charge in [-0.05, 0) is 97.8 Å². The number of benzene rings is 4. The van der Waals surface area contributed by atoms with E-state index < -0.39 is 14.6 Å². The zero-order valence-electron chi connectivity index (χ0n) is 24.2. The molecule has 0 bridgehead atoms. The minimum atomic E-state index is -3.37. The average molecular weight is 595 g/mol. The van der Waals surface area contributed by atoms with Gasteiger partial charge in [0.2, 0.25) is 0 Å². The molecule has 0 saturated carbocycles. The smallest absolute Gasteiger partial charge is 0.258 e. The maximum absolute atomic E-state index is 13.6. The van der Waals surface area contributed by atoms with Gasteiger partial charge in [0, 0.05) is 46.1 Å². The number of nitrogens with zero attached hydrogens (tertiary/aromatic N) is 2. The first-order chi connectivity index (χ1) is 20.1. The summed E-state index contributed by atoms with van der Waals surface area (Å²) in [5.74, 6) is -0.0467. The van der Waals surface area contributed by atoms with Crippen molar-refractivity contribution in [2.75, 3.05) is 24.0 Å². The molecule has 42 heavy (non-hydrogen) atoms. The van der Waals surface area contributed by atoms with Gasteiger partial charge in [0.1, 0.15) is 0 Å². The molecule has 0 unspecified atom stereocenters. The predicted molar refractivity (Wildman–Crippen MR) is 175 cm³/mol. The van der Waals surface area contributed by atoms with Crippen molar-refractivity contribution in [1.82, 2.24) is 4.98 Å². The van der Waals surface area contributed by atoms with E-state index in [0.717, 1.165) is 43.7 Å². The quantitative estimate of drug-likeness (QED) is 0.163. The van der Waals surface area contributed by atoms with Gasteiger partial charge in [-0.15, -0.1) is 11.8 Å². The summed E-state index contributed by atoms with van der Waals surface area (Å²) in [5.41, 5.74) is 5.93. The van der Waals surface area contributed by atoms with Crippen molar-refractivity contribution >= 4 is 44.1 Å². The van der Waals surface area contributed by atoms with Crippen molar-refractivity contribution in [2.24, 2.45) is 0 Å². The van der Waals surface area contributed by atoms with Crippen LogP contribution in [0.3, 0.4) is 0 Å². The summed E-state index contributed by atoms with van der Waals surface area (Å²) >= 11 is 1.67. The van der Waals surface area contributed by atoms with Crippen molar-refractivity contribution in [3.63, 3.8) is 0 Å². The molecule has 0 atom stereocenters. The molecule has 4 aromatic carbocycles. The summed E-state index contributed by atoms with van der Waals surface area (Å²) in [6, 6.07) is 33.3. The second-order valence-corrected chi connectivity index (χ2v) is 14.3. The molecule has 5 rings (SSSR count). The third-order valence-electron chi connectivity index (χ3n) is 7.84. The van der Waals surface area contributed by atoms with Gasteiger partial charge in [-0.25, -0.2) is 8.42 Å². The number of hydrogen-bond acceptors (Lipinski definition) is 5. The Morgan fingerprint density at radius 2 is 1.62 bits per heavy atom. The van der Waals surface area contributed by atoms with Crippen molar-refractivity contribution in [3.05, 3.63) is 126 Å². The third-order valence-corrected chi connectivity index (χ3v) is 10.7. The highest BCUT2D eigenvalue weighted by Gasteiger charge is 2.33. The highest BCUT2D eigenvalue weighted by atomic mass is 32.2. The van der Waals surface area contributed by atoms with E-state index in [4.69, 9.17) is 0 Å². The van der Waals surface area contributed by atoms with Crippen molar-refractivity contribution in [2.45, 2.75) is 29.9 Å². The van der Waals surface area contributed by atoms with E-state index in [1.54, 1.807) is 31.8 Å². The van der Waals surface area contributed by atoms with Crippen LogP contribution in [0.5, 0.6) is 0 Å². The Bertz CT molecular complexity index is 1830. The van der Waals surface area contributed by atoms with Crippen LogP contribution < -0.4 is 4.90 Å². The minimum Gasteiger partial charge on any atom is -0.308 e. The summed E-state index contributed by atoms with van der Waals surface area (Å²) in [4.78, 5) is 21.3. The number of hydrogen-bond donors (Lipinski definition) is 0. The van der Waals surface area contributed by atoms with Gasteiger partial charge in [-0.2, -0.15) is 0 Å². The average Bonchev–Trinajstić information content (AvgIpc) is 3.00. The Morgan fingerprint density at radius 3 is 2.31 bits per heavy atom. The van der Waals surface area contributed by atoms with E-state index in [-0.39, 0.29) is 5.91 Å². The number of thioether (sulfide) groups is 1. The maximum atomic E-state index is 13.6. The lowest BCUT2D eigenvalue weighted by Crippen LogP contribution is -2.32. The van der Waals surface area contributed by atoms with Gasteiger partial charge in [0.15, 0.2) is 9.84 Å². The molecule has 0 N–H and O–H groups in total. The first-order valence-corrected chi connectivity index (χ1v) is 16.9. The SMILES string of the molecule is CSc1ccc(N(CCc2cccc(-c3cc(C(C)(C)S(C)(=O)=O)cc4cccnc34)c2)C(=O)c2ccccc2)cc1. The lowest BCUT2D eigenvalue weighted by atomic mass is 9.92. The van der Waals surface area contributed by atoms with Crippen LogP contribution in [0.2, 0.25) is 0 Å². The van der Waals surface area contributed by atoms with E-state index in [0.29, 0.717) is 18.5 Å². The van der Waals surface area contributed by atoms with Crippen LogP contribution in [-0.4, -0.2) is 38.4 Å². The number of aromatic nitrogens is 1. The predicted octanol–water partition coefficient (Wildman–Crippen LogP) is 7.79. The van der Waals surface area contributed by atoms with Crippen LogP contribution >= 0.6 is 11.8 Å². The molecule has 1 aromatic heterocycles. The van der Waals surface area contributed by atoms with Crippen LogP contribution in [0.4, 0.5) is 5.69 Å². The molecule has 0 radical (unpaired) electrons. The molecule has 0 spiro atoms. The summed E-state index contributed by atoms with van der Waals surface area (Å²) in [6.07, 6.45) is 5.70. The molecule has 1 amide bonds. The largest absolute Gasteiger partial charge is 0.308 e. The van der Waals surface area contributed by atoms with E-state index >= 15 is 0 Å². The van der Waals surface area contributed by atoms with Gasteiger partial charge in [0.25, 0.3) is 5.91 Å². The normalized spacial score (nSPS) is 11.9. The number of sulfone groups is 1. The van der Waals surface area contributed by atoms with Gasteiger partial charge in [0.05, 0.1) is 10.3 Å². The van der Waals surface area contributed by atoms with Crippen molar-refractivity contribution in [1.29, 1.82) is 0 Å². The highest BCUT2D eigenvalue weighted by molar-refractivity contribution is 7.98. The number of amides is 1. The Kier molecular flexibility index (Phi) is 8.53. The number of pyridine rings is 1. The summed E-state index contributed by atoms with van der Waals surface area (Å²) in [7, 11) is -3.37. The molecule has 0 aliphatic carbocycles. The van der Waals surface area contributed by atoms with Crippen LogP contribution in [-0.2, 0) is 21.0 Å². The zero-order valence-corrected chi connectivity index (χ0v) is 25.9. The topological polar surface area (TPSA) is 67.3 Å². The van der Waals surface area contributed by atoms with Gasteiger partial charge in [-0.3, -0.25) is 9.78 Å². The molecule has 214 valence electrons. The maximum Gasteiger partial charge on any atom is 0.258 e. The molecule has 5 aromatic rings. The van der Waals surface area contributed by atoms with Crippen LogP contribution in [0.1, 0.15) is 35.3 Å². The fraction of sp³-hybridized carbons (Fsp3) is 0.200. The number of carbonyl (C=O) groups is 1. The second-order valence-electron chi connectivity index (χ2n) is 10.9. The molecule has 7 heteroatoms. The fourth-order valence-electron chi connectivity index (χ4n) is 4.96. The summed E-state index contributed by atoms with van der Waals surface area (Å²) in [5, 5.41) is 0.889. The van der Waals surface area contributed by atoms with Gasteiger partial charge < -0.3 is 4.90 Å². The lowest BCUT2D eigenvalue weighted by Gasteiger charge is -2.25. The van der Waals surface area contributed by atoms with Gasteiger partial charge >= 0.3 is 0 Å². The molecule has 0 aliphatic rings. The van der Waals surface area contributed by atoms with Crippen LogP contribution in [0, 0.1) is 0 Å².